The van der Waals surface area contributed by atoms with Gasteiger partial charge in [0.1, 0.15) is 23.7 Å². The summed E-state index contributed by atoms with van der Waals surface area (Å²) in [6, 6.07) is 21.2. The van der Waals surface area contributed by atoms with Gasteiger partial charge in [-0.25, -0.2) is 0 Å². The van der Waals surface area contributed by atoms with Crippen molar-refractivity contribution in [2.45, 2.75) is 56.1 Å². The molecular formula is C38H39N3O7. The van der Waals surface area contributed by atoms with Gasteiger partial charge < -0.3 is 29.7 Å². The molecule has 0 bridgehead atoms. The molecule has 7 rings (SSSR count). The lowest BCUT2D eigenvalue weighted by Crippen LogP contribution is -2.58. The quantitative estimate of drug-likeness (QED) is 0.321. The minimum Gasteiger partial charge on any atom is -0.460 e. The maximum absolute atomic E-state index is 15.0. The normalized spacial score (nSPS) is 30.3. The number of cyclic esters (lactones) is 1. The Bertz CT molecular complexity index is 1790. The fourth-order valence-electron chi connectivity index (χ4n) is 7.71. The molecule has 2 N–H and O–H groups in total. The molecule has 7 atom stereocenters. The molecule has 248 valence electrons. The van der Waals surface area contributed by atoms with Crippen molar-refractivity contribution in [1.29, 1.82) is 0 Å². The molecule has 2 fully saturated rings. The second kappa shape index (κ2) is 13.0. The second-order valence-electron chi connectivity index (χ2n) is 13.0. The molecule has 0 aromatic heterocycles. The number of carbonyl (C=O) groups excluding carboxylic acids is 4. The summed E-state index contributed by atoms with van der Waals surface area (Å²) in [5, 5.41) is 15.6. The van der Waals surface area contributed by atoms with E-state index in [2.05, 4.69) is 5.32 Å². The lowest BCUT2D eigenvalue weighted by atomic mass is 9.78. The van der Waals surface area contributed by atoms with Crippen molar-refractivity contribution in [3.63, 3.8) is 0 Å². The Morgan fingerprint density at radius 3 is 2.52 bits per heavy atom. The molecule has 3 aromatic rings. The Morgan fingerprint density at radius 1 is 0.958 bits per heavy atom. The highest BCUT2D eigenvalue weighted by atomic mass is 16.6. The summed E-state index contributed by atoms with van der Waals surface area (Å²) >= 11 is 0. The van der Waals surface area contributed by atoms with Gasteiger partial charge in [0, 0.05) is 18.7 Å². The molecule has 2 saturated heterocycles. The zero-order valence-corrected chi connectivity index (χ0v) is 26.7. The smallest absolute Gasteiger partial charge is 0.313 e. The number of allylic oxidation sites excluding steroid dienone is 1. The Labute approximate surface area is 279 Å². The average molecular weight is 650 g/mol. The Kier molecular flexibility index (Phi) is 8.61. The van der Waals surface area contributed by atoms with Gasteiger partial charge in [0.15, 0.2) is 0 Å². The zero-order valence-electron chi connectivity index (χ0n) is 26.7. The number of rotatable bonds is 5. The third-order valence-corrected chi connectivity index (χ3v) is 9.93. The minimum absolute atomic E-state index is 0.133. The van der Waals surface area contributed by atoms with E-state index in [9.17, 15) is 24.3 Å². The van der Waals surface area contributed by atoms with Gasteiger partial charge in [-0.2, -0.15) is 0 Å². The van der Waals surface area contributed by atoms with E-state index in [1.54, 1.807) is 30.1 Å². The largest absolute Gasteiger partial charge is 0.460 e. The first kappa shape index (κ1) is 31.8. The topological polar surface area (TPSA) is 125 Å². The lowest BCUT2D eigenvalue weighted by molar-refractivity contribution is -0.159. The van der Waals surface area contributed by atoms with E-state index >= 15 is 0 Å². The molecule has 10 nitrogen and oxygen atoms in total. The van der Waals surface area contributed by atoms with Crippen molar-refractivity contribution < 1.29 is 33.8 Å². The van der Waals surface area contributed by atoms with Crippen LogP contribution in [0.4, 0.5) is 5.69 Å². The predicted octanol–water partition coefficient (Wildman–Crippen LogP) is 3.32. The minimum atomic E-state index is -1.51. The third-order valence-electron chi connectivity index (χ3n) is 9.93. The number of carbonyl (C=O) groups is 4. The van der Waals surface area contributed by atoms with Crippen LogP contribution in [0.15, 0.2) is 97.1 Å². The predicted molar refractivity (Wildman–Crippen MR) is 179 cm³/mol. The Balaban J connectivity index is 1.34. The van der Waals surface area contributed by atoms with Crippen molar-refractivity contribution in [2.75, 3.05) is 24.6 Å². The number of benzene rings is 3. The number of hydrogen-bond donors (Lipinski definition) is 2. The van der Waals surface area contributed by atoms with Gasteiger partial charge in [0.05, 0.1) is 31.2 Å². The van der Waals surface area contributed by atoms with E-state index in [4.69, 9.17) is 9.47 Å². The number of fused-ring (bicyclic) bond motifs is 3. The number of aliphatic hydroxyl groups is 1. The summed E-state index contributed by atoms with van der Waals surface area (Å²) in [6.07, 6.45) is 6.52. The van der Waals surface area contributed by atoms with Crippen LogP contribution in [0.5, 0.6) is 0 Å². The summed E-state index contributed by atoms with van der Waals surface area (Å²) in [5.74, 6) is -3.75. The molecule has 4 aliphatic heterocycles. The first-order valence-corrected chi connectivity index (χ1v) is 16.6. The summed E-state index contributed by atoms with van der Waals surface area (Å²) in [4.78, 5) is 59.2. The van der Waals surface area contributed by atoms with E-state index in [0.717, 1.165) is 16.3 Å². The van der Waals surface area contributed by atoms with Gasteiger partial charge in [-0.05, 0) is 48.2 Å². The molecule has 4 aliphatic rings. The first-order valence-electron chi connectivity index (χ1n) is 16.6. The van der Waals surface area contributed by atoms with E-state index < -0.39 is 60.2 Å². The van der Waals surface area contributed by atoms with Gasteiger partial charge in [0.2, 0.25) is 11.8 Å². The number of ether oxygens (including phenoxy) is 2. The van der Waals surface area contributed by atoms with Crippen molar-refractivity contribution in [1.82, 2.24) is 10.2 Å². The summed E-state index contributed by atoms with van der Waals surface area (Å²) in [7, 11) is 0. The summed E-state index contributed by atoms with van der Waals surface area (Å²) in [5.41, 5.74) is 0.0381. The van der Waals surface area contributed by atoms with Crippen molar-refractivity contribution in [3.05, 3.63) is 103 Å². The third kappa shape index (κ3) is 5.58. The summed E-state index contributed by atoms with van der Waals surface area (Å²) in [6.45, 7) is 1.64. The zero-order chi connectivity index (χ0) is 33.4. The average Bonchev–Trinajstić information content (AvgIpc) is 3.49. The van der Waals surface area contributed by atoms with Crippen LogP contribution in [0.2, 0.25) is 0 Å². The maximum Gasteiger partial charge on any atom is 0.313 e. The molecule has 3 aromatic carbocycles. The lowest BCUT2D eigenvalue weighted by Gasteiger charge is -2.38. The SMILES string of the molecule is C[C@H]1CNC(=O)CC/C=C\[C@@H]2O[C@@]34C=CCN(c5ccc6ccccc6c5)C(=O)[C@@H]3N([C@@H](CO)Cc3ccccc3)C(=O)[C@H]4[C@@H]2C(=O)O1. The standard InChI is InChI=1S/C38H39N3O7/c1-24-22-39-31(43)15-8-7-14-30-32(37(46)47-24)33-35(44)41(29(23-42)20-25-10-3-2-4-11-25)34-36(45)40(19-9-18-38(33,34)48-30)28-17-16-26-12-5-6-13-27(26)21-28/h2-7,9-14,16-18,21,24,29-30,32-34,42H,8,15,19-20,22-23H2,1H3,(H,39,43)/b14-7-/t24-,29+,30-,32+,33+,34-,38+/m0/s1. The Morgan fingerprint density at radius 2 is 1.73 bits per heavy atom. The van der Waals surface area contributed by atoms with E-state index in [1.807, 2.05) is 78.9 Å². The molecule has 3 amide bonds. The molecule has 0 radical (unpaired) electrons. The van der Waals surface area contributed by atoms with Crippen LogP contribution in [0.3, 0.4) is 0 Å². The van der Waals surface area contributed by atoms with E-state index in [1.165, 1.54) is 4.90 Å². The maximum atomic E-state index is 15.0. The van der Waals surface area contributed by atoms with Crippen LogP contribution < -0.4 is 10.2 Å². The van der Waals surface area contributed by atoms with Crippen LogP contribution in [-0.4, -0.2) is 83.3 Å². The number of likely N-dealkylation sites (tertiary alicyclic amines) is 1. The monoisotopic (exact) mass is 649 g/mol. The molecule has 0 aliphatic carbocycles. The number of anilines is 1. The van der Waals surface area contributed by atoms with Crippen LogP contribution in [0.25, 0.3) is 10.8 Å². The number of nitrogens with zero attached hydrogens (tertiary/aromatic N) is 2. The van der Waals surface area contributed by atoms with Gasteiger partial charge >= 0.3 is 5.97 Å². The first-order chi connectivity index (χ1) is 23.3. The van der Waals surface area contributed by atoms with E-state index in [0.29, 0.717) is 18.5 Å². The van der Waals surface area contributed by atoms with Gasteiger partial charge in [-0.15, -0.1) is 0 Å². The Hall–Kier alpha value is -4.80. The van der Waals surface area contributed by atoms with Crippen molar-refractivity contribution in [3.8, 4) is 0 Å². The number of hydrogen-bond acceptors (Lipinski definition) is 7. The number of amides is 3. The second-order valence-corrected chi connectivity index (χ2v) is 13.0. The van der Waals surface area contributed by atoms with Crippen LogP contribution >= 0.6 is 0 Å². The number of esters is 1. The van der Waals surface area contributed by atoms with Crippen molar-refractivity contribution >= 4 is 40.2 Å². The molecule has 4 heterocycles. The van der Waals surface area contributed by atoms with E-state index in [-0.39, 0.29) is 31.3 Å². The van der Waals surface area contributed by atoms with Crippen LogP contribution in [0, 0.1) is 11.8 Å². The summed E-state index contributed by atoms with van der Waals surface area (Å²) < 4.78 is 12.6. The number of aliphatic hydroxyl groups excluding tert-OH is 1. The molecule has 0 unspecified atom stereocenters. The molecule has 1 spiro atoms. The molecule has 48 heavy (non-hydrogen) atoms. The fourth-order valence-corrected chi connectivity index (χ4v) is 7.71. The molecular weight excluding hydrogens is 610 g/mol. The van der Waals surface area contributed by atoms with Gasteiger partial charge in [-0.3, -0.25) is 19.2 Å². The van der Waals surface area contributed by atoms with Gasteiger partial charge in [-0.1, -0.05) is 85.0 Å². The number of nitrogens with one attached hydrogen (secondary N) is 1. The van der Waals surface area contributed by atoms with Crippen LogP contribution in [0.1, 0.15) is 25.3 Å². The highest BCUT2D eigenvalue weighted by molar-refractivity contribution is 6.06. The molecule has 0 saturated carbocycles. The van der Waals surface area contributed by atoms with Crippen LogP contribution in [-0.2, 0) is 35.1 Å². The molecule has 10 heteroatoms. The highest BCUT2D eigenvalue weighted by Crippen LogP contribution is 2.54. The highest BCUT2D eigenvalue weighted by Gasteiger charge is 2.72. The van der Waals surface area contributed by atoms with Gasteiger partial charge in [0.25, 0.3) is 5.91 Å². The fraction of sp³-hybridized carbons (Fsp3) is 0.368. The van der Waals surface area contributed by atoms with Crippen molar-refractivity contribution in [2.24, 2.45) is 11.8 Å².